The molecule has 0 radical (unpaired) electrons. The number of hydrogen-bond acceptors (Lipinski definition) is 4. The Bertz CT molecular complexity index is 730. The number of hydrogen-bond donors (Lipinski definition) is 0. The standard InChI is InChI=1S/C19H31N3O3/c1-5-25-16-12-15(19(16)9-7-6-8-10-19)20(2)13-14-11-17(23)22(4)18(24)21(14)3/h11,15-16H,5-10,12-13H2,1-4H3/t15-,16+/m0/s1. The van der Waals surface area contributed by atoms with Crippen LogP contribution in [0.4, 0.5) is 0 Å². The van der Waals surface area contributed by atoms with Gasteiger partial charge >= 0.3 is 5.69 Å². The van der Waals surface area contributed by atoms with Gasteiger partial charge in [-0.15, -0.1) is 0 Å². The molecule has 0 unspecified atom stereocenters. The van der Waals surface area contributed by atoms with Gasteiger partial charge in [0.1, 0.15) is 0 Å². The molecule has 140 valence electrons. The van der Waals surface area contributed by atoms with E-state index in [-0.39, 0.29) is 16.7 Å². The Hall–Kier alpha value is -1.40. The highest BCUT2D eigenvalue weighted by Gasteiger charge is 2.56. The highest BCUT2D eigenvalue weighted by atomic mass is 16.5. The molecule has 0 aromatic carbocycles. The third kappa shape index (κ3) is 3.10. The Kier molecular flexibility index (Phi) is 5.21. The molecule has 2 aliphatic carbocycles. The third-order valence-electron chi connectivity index (χ3n) is 6.46. The first-order chi connectivity index (χ1) is 11.9. The normalized spacial score (nSPS) is 25.3. The van der Waals surface area contributed by atoms with Crippen molar-refractivity contribution in [2.24, 2.45) is 19.5 Å². The average molecular weight is 349 g/mol. The van der Waals surface area contributed by atoms with Crippen LogP contribution in [-0.4, -0.2) is 39.8 Å². The van der Waals surface area contributed by atoms with E-state index in [2.05, 4.69) is 18.9 Å². The molecule has 0 N–H and O–H groups in total. The van der Waals surface area contributed by atoms with Gasteiger partial charge in [0.2, 0.25) is 0 Å². The first-order valence-corrected chi connectivity index (χ1v) is 9.48. The first-order valence-electron chi connectivity index (χ1n) is 9.48. The van der Waals surface area contributed by atoms with E-state index >= 15 is 0 Å². The molecule has 1 heterocycles. The summed E-state index contributed by atoms with van der Waals surface area (Å²) in [6, 6.07) is 2.05. The van der Waals surface area contributed by atoms with Gasteiger partial charge in [0, 0.05) is 50.5 Å². The summed E-state index contributed by atoms with van der Waals surface area (Å²) in [5.74, 6) is 0. The fourth-order valence-corrected chi connectivity index (χ4v) is 4.94. The molecule has 2 saturated carbocycles. The van der Waals surface area contributed by atoms with Crippen LogP contribution < -0.4 is 11.2 Å². The minimum absolute atomic E-state index is 0.236. The molecule has 1 aromatic heterocycles. The minimum Gasteiger partial charge on any atom is -0.378 e. The molecule has 0 saturated heterocycles. The van der Waals surface area contributed by atoms with Gasteiger partial charge in [-0.3, -0.25) is 18.8 Å². The van der Waals surface area contributed by atoms with Crippen molar-refractivity contribution in [3.05, 3.63) is 32.6 Å². The Morgan fingerprint density at radius 1 is 1.20 bits per heavy atom. The average Bonchev–Trinajstić information content (AvgIpc) is 2.61. The zero-order chi connectivity index (χ0) is 18.2. The molecule has 2 fully saturated rings. The number of nitrogens with zero attached hydrogens (tertiary/aromatic N) is 3. The molecule has 0 bridgehead atoms. The van der Waals surface area contributed by atoms with Crippen LogP contribution in [0.2, 0.25) is 0 Å². The summed E-state index contributed by atoms with van der Waals surface area (Å²) in [4.78, 5) is 26.5. The van der Waals surface area contributed by atoms with E-state index in [0.29, 0.717) is 18.7 Å². The molecule has 0 amide bonds. The molecule has 6 nitrogen and oxygen atoms in total. The zero-order valence-electron chi connectivity index (χ0n) is 16.0. The van der Waals surface area contributed by atoms with Gasteiger partial charge in [-0.05, 0) is 33.2 Å². The maximum absolute atomic E-state index is 12.2. The van der Waals surface area contributed by atoms with Crippen LogP contribution >= 0.6 is 0 Å². The third-order valence-corrected chi connectivity index (χ3v) is 6.46. The van der Waals surface area contributed by atoms with E-state index in [1.807, 2.05) is 0 Å². The lowest BCUT2D eigenvalue weighted by atomic mass is 9.54. The number of rotatable bonds is 5. The smallest absolute Gasteiger partial charge is 0.330 e. The van der Waals surface area contributed by atoms with E-state index in [1.54, 1.807) is 17.7 Å². The highest BCUT2D eigenvalue weighted by molar-refractivity contribution is 5.11. The molecule has 1 spiro atoms. The Morgan fingerprint density at radius 3 is 2.52 bits per heavy atom. The largest absolute Gasteiger partial charge is 0.378 e. The second-order valence-electron chi connectivity index (χ2n) is 7.78. The highest BCUT2D eigenvalue weighted by Crippen LogP contribution is 2.55. The van der Waals surface area contributed by atoms with Crippen LogP contribution in [0.5, 0.6) is 0 Å². The van der Waals surface area contributed by atoms with Gasteiger partial charge in [0.05, 0.1) is 6.10 Å². The molecule has 2 aliphatic rings. The van der Waals surface area contributed by atoms with Gasteiger partial charge in [-0.2, -0.15) is 0 Å². The van der Waals surface area contributed by atoms with Gasteiger partial charge in [-0.25, -0.2) is 4.79 Å². The van der Waals surface area contributed by atoms with Crippen LogP contribution in [0, 0.1) is 5.41 Å². The lowest BCUT2D eigenvalue weighted by Crippen LogP contribution is -2.64. The lowest BCUT2D eigenvalue weighted by molar-refractivity contribution is -0.180. The second kappa shape index (κ2) is 7.08. The Labute approximate surface area is 149 Å². The molecule has 25 heavy (non-hydrogen) atoms. The van der Waals surface area contributed by atoms with Crippen molar-refractivity contribution in [1.29, 1.82) is 0 Å². The predicted octanol–water partition coefficient (Wildman–Crippen LogP) is 1.64. The Morgan fingerprint density at radius 2 is 1.88 bits per heavy atom. The van der Waals surface area contributed by atoms with Crippen LogP contribution in [0.25, 0.3) is 0 Å². The van der Waals surface area contributed by atoms with Crippen molar-refractivity contribution in [2.75, 3.05) is 13.7 Å². The molecular formula is C19H31N3O3. The fourth-order valence-electron chi connectivity index (χ4n) is 4.94. The SMILES string of the molecule is CCO[C@@H]1C[C@H](N(C)Cc2cc(=O)n(C)c(=O)n2C)C12CCCCC2. The number of ether oxygens (including phenoxy) is 1. The van der Waals surface area contributed by atoms with Gasteiger partial charge in [0.15, 0.2) is 0 Å². The predicted molar refractivity (Wildman–Crippen MR) is 97.7 cm³/mol. The summed E-state index contributed by atoms with van der Waals surface area (Å²) in [5.41, 5.74) is 0.534. The van der Waals surface area contributed by atoms with Crippen molar-refractivity contribution in [3.8, 4) is 0 Å². The summed E-state index contributed by atoms with van der Waals surface area (Å²) < 4.78 is 8.79. The minimum atomic E-state index is -0.260. The van der Waals surface area contributed by atoms with Crippen LogP contribution in [0.15, 0.2) is 15.7 Å². The van der Waals surface area contributed by atoms with E-state index in [0.717, 1.165) is 23.3 Å². The van der Waals surface area contributed by atoms with Crippen molar-refractivity contribution in [1.82, 2.24) is 14.0 Å². The van der Waals surface area contributed by atoms with Crippen LogP contribution in [0.1, 0.15) is 51.1 Å². The summed E-state index contributed by atoms with van der Waals surface area (Å²) in [7, 11) is 5.38. The second-order valence-corrected chi connectivity index (χ2v) is 7.78. The molecular weight excluding hydrogens is 318 g/mol. The quantitative estimate of drug-likeness (QED) is 0.811. The van der Waals surface area contributed by atoms with E-state index in [9.17, 15) is 9.59 Å². The topological polar surface area (TPSA) is 56.5 Å². The van der Waals surface area contributed by atoms with E-state index < -0.39 is 0 Å². The van der Waals surface area contributed by atoms with Crippen molar-refractivity contribution in [3.63, 3.8) is 0 Å². The van der Waals surface area contributed by atoms with E-state index in [4.69, 9.17) is 4.74 Å². The molecule has 6 heteroatoms. The summed E-state index contributed by atoms with van der Waals surface area (Å²) in [5, 5.41) is 0. The lowest BCUT2D eigenvalue weighted by Gasteiger charge is -2.60. The summed E-state index contributed by atoms with van der Waals surface area (Å²) in [6.45, 7) is 3.46. The van der Waals surface area contributed by atoms with Crippen molar-refractivity contribution < 1.29 is 4.74 Å². The maximum Gasteiger partial charge on any atom is 0.330 e. The number of aromatic nitrogens is 2. The molecule has 2 atom stereocenters. The van der Waals surface area contributed by atoms with Crippen LogP contribution in [-0.2, 0) is 25.4 Å². The molecule has 0 aliphatic heterocycles. The van der Waals surface area contributed by atoms with Crippen molar-refractivity contribution >= 4 is 0 Å². The monoisotopic (exact) mass is 349 g/mol. The van der Waals surface area contributed by atoms with Gasteiger partial charge < -0.3 is 4.74 Å². The van der Waals surface area contributed by atoms with Gasteiger partial charge in [-0.1, -0.05) is 19.3 Å². The zero-order valence-corrected chi connectivity index (χ0v) is 16.0. The van der Waals surface area contributed by atoms with Crippen LogP contribution in [0.3, 0.4) is 0 Å². The van der Waals surface area contributed by atoms with Gasteiger partial charge in [0.25, 0.3) is 5.56 Å². The fraction of sp³-hybridized carbons (Fsp3) is 0.789. The van der Waals surface area contributed by atoms with Crippen molar-refractivity contribution in [2.45, 2.75) is 64.1 Å². The molecule has 1 aromatic rings. The first kappa shape index (κ1) is 18.4. The summed E-state index contributed by atoms with van der Waals surface area (Å²) in [6.07, 6.45) is 7.72. The molecule has 3 rings (SSSR count). The van der Waals surface area contributed by atoms with E-state index in [1.165, 1.54) is 39.2 Å². The Balaban J connectivity index is 1.81. The maximum atomic E-state index is 12.2. The summed E-state index contributed by atoms with van der Waals surface area (Å²) >= 11 is 0.